The van der Waals surface area contributed by atoms with Crippen molar-refractivity contribution in [3.63, 3.8) is 0 Å². The highest BCUT2D eigenvalue weighted by Crippen LogP contribution is 2.33. The zero-order valence-corrected chi connectivity index (χ0v) is 19.5. The number of rotatable bonds is 11. The maximum absolute atomic E-state index is 12.3. The largest absolute Gasteiger partial charge is 0.494 e. The first-order valence-electron chi connectivity index (χ1n) is 10.0. The maximum atomic E-state index is 12.3. The molecule has 0 amide bonds. The zero-order valence-electron chi connectivity index (χ0n) is 17.7. The summed E-state index contributed by atoms with van der Waals surface area (Å²) in [5.74, 6) is 0.887. The predicted octanol–water partition coefficient (Wildman–Crippen LogP) is 4.95. The Morgan fingerprint density at radius 3 is 2.84 bits per heavy atom. The molecular formula is C20H25F3N5O2PS. The minimum atomic E-state index is -4.16. The fourth-order valence-corrected chi connectivity index (χ4v) is 4.53. The smallest absolute Gasteiger partial charge is 0.392 e. The minimum absolute atomic E-state index is 0.0575. The summed E-state index contributed by atoms with van der Waals surface area (Å²) in [6.45, 7) is 4.87. The van der Waals surface area contributed by atoms with E-state index >= 15 is 0 Å². The van der Waals surface area contributed by atoms with Crippen LogP contribution in [0.15, 0.2) is 40.5 Å². The first kappa shape index (κ1) is 24.5. The average Bonchev–Trinajstić information content (AvgIpc) is 3.12. The van der Waals surface area contributed by atoms with Crippen molar-refractivity contribution in [3.05, 3.63) is 30.6 Å². The Labute approximate surface area is 190 Å². The Balaban J connectivity index is 1.70. The van der Waals surface area contributed by atoms with Gasteiger partial charge in [0.25, 0.3) is 0 Å². The Hall–Kier alpha value is -2.10. The Kier molecular flexibility index (Phi) is 8.56. The normalized spacial score (nSPS) is 13.3. The van der Waals surface area contributed by atoms with Gasteiger partial charge < -0.3 is 19.8 Å². The molecule has 0 radical (unpaired) electrons. The van der Waals surface area contributed by atoms with Gasteiger partial charge in [0.05, 0.1) is 38.1 Å². The van der Waals surface area contributed by atoms with Crippen molar-refractivity contribution >= 4 is 37.5 Å². The number of nitrogen functional groups attached to an aromatic ring is 1. The number of anilines is 1. The van der Waals surface area contributed by atoms with Crippen LogP contribution in [0.4, 0.5) is 19.1 Å². The van der Waals surface area contributed by atoms with Gasteiger partial charge in [0, 0.05) is 4.90 Å². The molecule has 32 heavy (non-hydrogen) atoms. The molecule has 7 nitrogen and oxygen atoms in total. The number of alkyl halides is 3. The quantitative estimate of drug-likeness (QED) is 0.233. The van der Waals surface area contributed by atoms with Crippen molar-refractivity contribution in [2.75, 3.05) is 24.9 Å². The number of hydrogen-bond donors (Lipinski definition) is 1. The molecule has 0 fully saturated rings. The Morgan fingerprint density at radius 2 is 2.09 bits per heavy atom. The summed E-state index contributed by atoms with van der Waals surface area (Å²) in [6.07, 6.45) is -2.71. The second-order valence-corrected chi connectivity index (χ2v) is 9.25. The van der Waals surface area contributed by atoms with Crippen LogP contribution in [0.2, 0.25) is 0 Å². The molecule has 1 aromatic carbocycles. The molecule has 2 heterocycles. The highest BCUT2D eigenvalue weighted by Gasteiger charge is 2.26. The number of halogens is 3. The van der Waals surface area contributed by atoms with E-state index in [2.05, 4.69) is 15.0 Å². The van der Waals surface area contributed by atoms with Crippen LogP contribution in [-0.2, 0) is 11.3 Å². The molecule has 0 aliphatic carbocycles. The van der Waals surface area contributed by atoms with E-state index in [1.807, 2.05) is 31.2 Å². The van der Waals surface area contributed by atoms with Crippen LogP contribution in [0.3, 0.4) is 0 Å². The fraction of sp³-hybridized carbons (Fsp3) is 0.450. The van der Waals surface area contributed by atoms with Crippen LogP contribution in [0.25, 0.3) is 11.2 Å². The van der Waals surface area contributed by atoms with Gasteiger partial charge in [-0.2, -0.15) is 18.2 Å². The fourth-order valence-electron chi connectivity index (χ4n) is 2.82. The summed E-state index contributed by atoms with van der Waals surface area (Å²) < 4.78 is 49.8. The summed E-state index contributed by atoms with van der Waals surface area (Å²) in [5.41, 5.74) is 7.07. The lowest BCUT2D eigenvalue weighted by Crippen LogP contribution is -2.17. The van der Waals surface area contributed by atoms with Gasteiger partial charge in [0.2, 0.25) is 5.95 Å². The number of nitrogens with two attached hydrogens (primary N) is 1. The SMILES string of the molecule is CCCOc1cccc(Sc2nc(N)nc3c2ncn3CC(C)OCPCC(F)(F)F)c1. The van der Waals surface area contributed by atoms with E-state index in [1.54, 1.807) is 17.8 Å². The van der Waals surface area contributed by atoms with E-state index in [4.69, 9.17) is 15.2 Å². The van der Waals surface area contributed by atoms with E-state index in [-0.39, 0.29) is 27.0 Å². The summed E-state index contributed by atoms with van der Waals surface area (Å²) >= 11 is 1.41. The number of nitrogens with zero attached hydrogens (tertiary/aromatic N) is 4. The van der Waals surface area contributed by atoms with Crippen molar-refractivity contribution < 1.29 is 22.6 Å². The molecule has 0 saturated carbocycles. The highest BCUT2D eigenvalue weighted by molar-refractivity contribution is 7.99. The van der Waals surface area contributed by atoms with E-state index in [0.29, 0.717) is 29.3 Å². The van der Waals surface area contributed by atoms with Gasteiger partial charge in [0.1, 0.15) is 16.3 Å². The lowest BCUT2D eigenvalue weighted by atomic mass is 10.3. The third kappa shape index (κ3) is 7.21. The molecule has 3 rings (SSSR count). The van der Waals surface area contributed by atoms with Crippen molar-refractivity contribution in [2.45, 2.75) is 49.0 Å². The van der Waals surface area contributed by atoms with Crippen LogP contribution in [0, 0.1) is 0 Å². The summed E-state index contributed by atoms with van der Waals surface area (Å²) in [7, 11) is -0.327. The monoisotopic (exact) mass is 487 g/mol. The van der Waals surface area contributed by atoms with Crippen molar-refractivity contribution in [3.8, 4) is 5.75 Å². The molecule has 174 valence electrons. The molecule has 0 bridgehead atoms. The van der Waals surface area contributed by atoms with Crippen LogP contribution >= 0.6 is 20.3 Å². The van der Waals surface area contributed by atoms with Crippen molar-refractivity contribution in [1.82, 2.24) is 19.5 Å². The van der Waals surface area contributed by atoms with Crippen molar-refractivity contribution in [2.24, 2.45) is 0 Å². The van der Waals surface area contributed by atoms with Gasteiger partial charge in [-0.15, -0.1) is 0 Å². The highest BCUT2D eigenvalue weighted by atomic mass is 32.2. The van der Waals surface area contributed by atoms with E-state index in [0.717, 1.165) is 17.1 Å². The topological polar surface area (TPSA) is 88.1 Å². The van der Waals surface area contributed by atoms with Gasteiger partial charge in [-0.1, -0.05) is 33.3 Å². The van der Waals surface area contributed by atoms with E-state index in [1.165, 1.54) is 11.8 Å². The number of benzene rings is 1. The second kappa shape index (κ2) is 11.2. The van der Waals surface area contributed by atoms with Gasteiger partial charge in [-0.05, 0) is 31.5 Å². The Bertz CT molecular complexity index is 1030. The molecule has 12 heteroatoms. The molecule has 0 aliphatic heterocycles. The zero-order chi connectivity index (χ0) is 23.1. The summed E-state index contributed by atoms with van der Waals surface area (Å²) in [6, 6.07) is 7.68. The number of fused-ring (bicyclic) bond motifs is 1. The van der Waals surface area contributed by atoms with Crippen molar-refractivity contribution in [1.29, 1.82) is 0 Å². The first-order valence-corrected chi connectivity index (χ1v) is 12.3. The van der Waals surface area contributed by atoms with Crippen LogP contribution in [0.1, 0.15) is 20.3 Å². The van der Waals surface area contributed by atoms with Crippen LogP contribution < -0.4 is 10.5 Å². The molecule has 2 N–H and O–H groups in total. The second-order valence-electron chi connectivity index (χ2n) is 7.05. The average molecular weight is 487 g/mol. The molecule has 3 aromatic rings. The molecular weight excluding hydrogens is 462 g/mol. The summed E-state index contributed by atoms with van der Waals surface area (Å²) in [4.78, 5) is 14.0. The minimum Gasteiger partial charge on any atom is -0.494 e. The molecule has 0 saturated heterocycles. The molecule has 2 unspecified atom stereocenters. The Morgan fingerprint density at radius 1 is 1.28 bits per heavy atom. The number of imidazole rings is 1. The van der Waals surface area contributed by atoms with Crippen LogP contribution in [0.5, 0.6) is 5.75 Å². The maximum Gasteiger partial charge on any atom is 0.392 e. The third-order valence-corrected chi connectivity index (χ3v) is 6.18. The molecule has 2 atom stereocenters. The number of aromatic nitrogens is 4. The molecule has 0 aliphatic rings. The predicted molar refractivity (Wildman–Crippen MR) is 121 cm³/mol. The third-order valence-electron chi connectivity index (χ3n) is 4.19. The summed E-state index contributed by atoms with van der Waals surface area (Å²) in [5, 5.41) is 0.610. The molecule has 2 aromatic heterocycles. The van der Waals surface area contributed by atoms with E-state index < -0.39 is 12.3 Å². The standard InChI is InChI=1S/C20H25F3N5O2PS/c1-3-7-29-14-5-4-6-15(8-14)32-18-16-17(26-19(24)27-18)28(11-25-16)9-13(2)30-12-31-10-20(21,22)23/h4-6,8,11,13,31H,3,7,9-10,12H2,1-2H3,(H2,24,26,27). The lowest BCUT2D eigenvalue weighted by molar-refractivity contribution is -0.106. The van der Waals surface area contributed by atoms with E-state index in [9.17, 15) is 13.2 Å². The number of hydrogen-bond acceptors (Lipinski definition) is 7. The first-order chi connectivity index (χ1) is 15.2. The van der Waals surface area contributed by atoms with Gasteiger partial charge in [-0.3, -0.25) is 0 Å². The molecule has 0 spiro atoms. The van der Waals surface area contributed by atoms with Gasteiger partial charge in [-0.25, -0.2) is 9.97 Å². The lowest BCUT2D eigenvalue weighted by Gasteiger charge is -2.14. The van der Waals surface area contributed by atoms with Crippen LogP contribution in [-0.4, -0.2) is 50.9 Å². The van der Waals surface area contributed by atoms with Gasteiger partial charge >= 0.3 is 6.18 Å². The number of ether oxygens (including phenoxy) is 2. The van der Waals surface area contributed by atoms with Gasteiger partial charge in [0.15, 0.2) is 5.65 Å².